The first-order valence-electron chi connectivity index (χ1n) is 6.52. The van der Waals surface area contributed by atoms with E-state index in [1.165, 1.54) is 18.3 Å². The van der Waals surface area contributed by atoms with Crippen molar-refractivity contribution in [2.45, 2.75) is 19.4 Å². The van der Waals surface area contributed by atoms with Crippen molar-refractivity contribution in [3.8, 4) is 0 Å². The van der Waals surface area contributed by atoms with E-state index in [0.717, 1.165) is 6.42 Å². The lowest BCUT2D eigenvalue weighted by Gasteiger charge is -2.20. The van der Waals surface area contributed by atoms with Crippen molar-refractivity contribution < 1.29 is 8.78 Å². The van der Waals surface area contributed by atoms with Gasteiger partial charge >= 0.3 is 0 Å². The first kappa shape index (κ1) is 16.3. The molecular formula is C15H14BrClF2N2. The molecule has 0 fully saturated rings. The van der Waals surface area contributed by atoms with Gasteiger partial charge in [-0.05, 0) is 53.2 Å². The number of nitrogens with zero attached hydrogens (tertiary/aromatic N) is 1. The average Bonchev–Trinajstić information content (AvgIpc) is 2.48. The van der Waals surface area contributed by atoms with Crippen LogP contribution in [0.25, 0.3) is 0 Å². The van der Waals surface area contributed by atoms with Crippen molar-refractivity contribution in [2.24, 2.45) is 0 Å². The molecule has 0 saturated heterocycles. The van der Waals surface area contributed by atoms with Crippen LogP contribution in [0.5, 0.6) is 0 Å². The predicted octanol–water partition coefficient (Wildman–Crippen LogP) is 4.86. The highest BCUT2D eigenvalue weighted by Crippen LogP contribution is 2.30. The van der Waals surface area contributed by atoms with Gasteiger partial charge < -0.3 is 5.32 Å². The minimum Gasteiger partial charge on any atom is -0.305 e. The fourth-order valence-corrected chi connectivity index (χ4v) is 2.47. The molecule has 1 aromatic carbocycles. The zero-order chi connectivity index (χ0) is 15.4. The summed E-state index contributed by atoms with van der Waals surface area (Å²) in [6, 6.07) is 5.23. The maximum absolute atomic E-state index is 14.3. The smallest absolute Gasteiger partial charge is 0.145 e. The molecule has 6 heteroatoms. The molecule has 0 saturated carbocycles. The zero-order valence-electron chi connectivity index (χ0n) is 11.3. The second kappa shape index (κ2) is 7.29. The monoisotopic (exact) mass is 374 g/mol. The van der Waals surface area contributed by atoms with Crippen LogP contribution in [0.4, 0.5) is 8.78 Å². The summed E-state index contributed by atoms with van der Waals surface area (Å²) in [7, 11) is 0. The quantitative estimate of drug-likeness (QED) is 0.755. The van der Waals surface area contributed by atoms with Crippen LogP contribution in [-0.2, 0) is 0 Å². The van der Waals surface area contributed by atoms with E-state index in [0.29, 0.717) is 17.3 Å². The van der Waals surface area contributed by atoms with Crippen molar-refractivity contribution in [3.63, 3.8) is 0 Å². The fraction of sp³-hybridized carbons (Fsp3) is 0.267. The van der Waals surface area contributed by atoms with Gasteiger partial charge in [0.2, 0.25) is 0 Å². The molecule has 0 amide bonds. The molecule has 1 unspecified atom stereocenters. The highest BCUT2D eigenvalue weighted by atomic mass is 79.9. The van der Waals surface area contributed by atoms with E-state index < -0.39 is 17.7 Å². The number of halogens is 4. The van der Waals surface area contributed by atoms with Gasteiger partial charge in [0.25, 0.3) is 0 Å². The van der Waals surface area contributed by atoms with Crippen molar-refractivity contribution >= 4 is 27.5 Å². The van der Waals surface area contributed by atoms with Crippen LogP contribution < -0.4 is 5.32 Å². The number of rotatable bonds is 5. The van der Waals surface area contributed by atoms with Crippen molar-refractivity contribution in [3.05, 3.63) is 62.8 Å². The molecule has 0 radical (unpaired) electrons. The van der Waals surface area contributed by atoms with Crippen LogP contribution in [0.15, 0.2) is 34.9 Å². The maximum Gasteiger partial charge on any atom is 0.145 e. The fourth-order valence-electron chi connectivity index (χ4n) is 2.01. The van der Waals surface area contributed by atoms with Gasteiger partial charge in [-0.1, -0.05) is 18.5 Å². The summed E-state index contributed by atoms with van der Waals surface area (Å²) in [5.41, 5.74) is 0.469. The first-order chi connectivity index (χ1) is 10.0. The Bertz CT molecular complexity index is 620. The molecule has 2 rings (SSSR count). The molecule has 2 nitrogen and oxygen atoms in total. The minimum atomic E-state index is -0.667. The molecule has 0 bridgehead atoms. The van der Waals surface area contributed by atoms with Crippen molar-refractivity contribution in [1.29, 1.82) is 0 Å². The zero-order valence-corrected chi connectivity index (χ0v) is 13.7. The number of nitrogens with one attached hydrogen (secondary N) is 1. The molecule has 0 spiro atoms. The number of pyridine rings is 1. The standard InChI is InChI=1S/C15H14BrClF2N2/c1-2-7-20-15(12-6-3-9(17)8-21-12)13-11(18)5-4-10(16)14(13)19/h3-6,8,15,20H,2,7H2,1H3. The number of hydrogen-bond donors (Lipinski definition) is 1. The van der Waals surface area contributed by atoms with Gasteiger partial charge in [0.05, 0.1) is 21.2 Å². The molecular weight excluding hydrogens is 362 g/mol. The highest BCUT2D eigenvalue weighted by molar-refractivity contribution is 9.10. The van der Waals surface area contributed by atoms with Crippen LogP contribution in [0, 0.1) is 11.6 Å². The van der Waals surface area contributed by atoms with E-state index in [1.54, 1.807) is 12.1 Å². The molecule has 21 heavy (non-hydrogen) atoms. The molecule has 2 aromatic rings. The van der Waals surface area contributed by atoms with E-state index in [9.17, 15) is 8.78 Å². The molecule has 112 valence electrons. The minimum absolute atomic E-state index is 0.0485. The second-order valence-electron chi connectivity index (χ2n) is 4.55. The molecule has 1 N–H and O–H groups in total. The van der Waals surface area contributed by atoms with Gasteiger partial charge in [0.1, 0.15) is 11.6 Å². The molecule has 0 aliphatic heterocycles. The summed E-state index contributed by atoms with van der Waals surface area (Å²) in [4.78, 5) is 4.18. The van der Waals surface area contributed by atoms with Gasteiger partial charge in [-0.15, -0.1) is 0 Å². The van der Waals surface area contributed by atoms with Crippen molar-refractivity contribution in [1.82, 2.24) is 10.3 Å². The van der Waals surface area contributed by atoms with Gasteiger partial charge in [-0.2, -0.15) is 0 Å². The molecule has 0 aliphatic carbocycles. The van der Waals surface area contributed by atoms with Crippen LogP contribution in [0.2, 0.25) is 5.02 Å². The average molecular weight is 376 g/mol. The molecule has 0 aliphatic rings. The van der Waals surface area contributed by atoms with Crippen LogP contribution >= 0.6 is 27.5 Å². The Morgan fingerprint density at radius 2 is 2.05 bits per heavy atom. The van der Waals surface area contributed by atoms with E-state index in [1.807, 2.05) is 6.92 Å². The normalized spacial score (nSPS) is 12.4. The summed E-state index contributed by atoms with van der Waals surface area (Å²) in [6.07, 6.45) is 2.30. The Morgan fingerprint density at radius 3 is 2.67 bits per heavy atom. The summed E-state index contributed by atoms with van der Waals surface area (Å²) in [5, 5.41) is 3.60. The van der Waals surface area contributed by atoms with Crippen LogP contribution in [0.3, 0.4) is 0 Å². The van der Waals surface area contributed by atoms with Gasteiger partial charge in [0, 0.05) is 11.8 Å². The van der Waals surface area contributed by atoms with Crippen molar-refractivity contribution in [2.75, 3.05) is 6.54 Å². The third-order valence-electron chi connectivity index (χ3n) is 3.01. The Balaban J connectivity index is 2.50. The molecule has 1 heterocycles. The van der Waals surface area contributed by atoms with Gasteiger partial charge in [-0.3, -0.25) is 4.98 Å². The molecule has 1 atom stereocenters. The molecule has 1 aromatic heterocycles. The van der Waals surface area contributed by atoms with Gasteiger partial charge in [-0.25, -0.2) is 8.78 Å². The lowest BCUT2D eigenvalue weighted by atomic mass is 10.0. The van der Waals surface area contributed by atoms with E-state index in [4.69, 9.17) is 11.6 Å². The third kappa shape index (κ3) is 3.78. The lowest BCUT2D eigenvalue weighted by Crippen LogP contribution is -2.26. The van der Waals surface area contributed by atoms with Crippen LogP contribution in [-0.4, -0.2) is 11.5 Å². The highest BCUT2D eigenvalue weighted by Gasteiger charge is 2.24. The van der Waals surface area contributed by atoms with Gasteiger partial charge in [0.15, 0.2) is 0 Å². The van der Waals surface area contributed by atoms with E-state index in [-0.39, 0.29) is 10.0 Å². The van der Waals surface area contributed by atoms with E-state index >= 15 is 0 Å². The lowest BCUT2D eigenvalue weighted by molar-refractivity contribution is 0.495. The topological polar surface area (TPSA) is 24.9 Å². The maximum atomic E-state index is 14.3. The Morgan fingerprint density at radius 1 is 1.29 bits per heavy atom. The Hall–Kier alpha value is -1.04. The SMILES string of the molecule is CCCNC(c1ccc(Cl)cn1)c1c(F)ccc(Br)c1F. The number of benzene rings is 1. The Labute approximate surface area is 135 Å². The third-order valence-corrected chi connectivity index (χ3v) is 3.85. The summed E-state index contributed by atoms with van der Waals surface area (Å²) in [5.74, 6) is -1.23. The summed E-state index contributed by atoms with van der Waals surface area (Å²) < 4.78 is 28.7. The number of aromatic nitrogens is 1. The van der Waals surface area contributed by atoms with E-state index in [2.05, 4.69) is 26.2 Å². The number of hydrogen-bond acceptors (Lipinski definition) is 2. The largest absolute Gasteiger partial charge is 0.305 e. The summed E-state index contributed by atoms with van der Waals surface area (Å²) >= 11 is 8.91. The first-order valence-corrected chi connectivity index (χ1v) is 7.70. The van der Waals surface area contributed by atoms with Crippen LogP contribution in [0.1, 0.15) is 30.6 Å². The predicted molar refractivity (Wildman–Crippen MR) is 83.4 cm³/mol. The Kier molecular flexibility index (Phi) is 5.67. The summed E-state index contributed by atoms with van der Waals surface area (Å²) in [6.45, 7) is 2.59. The second-order valence-corrected chi connectivity index (χ2v) is 5.84.